The number of amides is 1. The molecular weight excluding hydrogens is 302 g/mol. The molecule has 0 saturated carbocycles. The number of alkyl halides is 3. The summed E-state index contributed by atoms with van der Waals surface area (Å²) in [5.41, 5.74) is -1.54. The van der Waals surface area contributed by atoms with Crippen LogP contribution in [0, 0.1) is 11.7 Å². The lowest BCUT2D eigenvalue weighted by atomic mass is 10.1. The van der Waals surface area contributed by atoms with Gasteiger partial charge in [-0.15, -0.1) is 0 Å². The first-order valence-corrected chi connectivity index (χ1v) is 6.90. The van der Waals surface area contributed by atoms with Gasteiger partial charge < -0.3 is 10.1 Å². The summed E-state index contributed by atoms with van der Waals surface area (Å²) in [6, 6.07) is 1.85. The zero-order chi connectivity index (χ0) is 16.9. The first-order valence-electron chi connectivity index (χ1n) is 6.90. The third-order valence-corrected chi connectivity index (χ3v) is 2.98. The van der Waals surface area contributed by atoms with Gasteiger partial charge in [0.2, 0.25) is 0 Å². The molecule has 0 spiro atoms. The lowest BCUT2D eigenvalue weighted by Gasteiger charge is -2.15. The molecule has 0 heterocycles. The van der Waals surface area contributed by atoms with Gasteiger partial charge in [-0.05, 0) is 37.5 Å². The Balaban J connectivity index is 2.71. The molecule has 1 aromatic carbocycles. The molecule has 0 bridgehead atoms. The molecule has 1 rings (SSSR count). The van der Waals surface area contributed by atoms with E-state index in [2.05, 4.69) is 5.32 Å². The number of carbonyl (C=O) groups is 1. The van der Waals surface area contributed by atoms with Crippen molar-refractivity contribution in [2.75, 3.05) is 11.9 Å². The summed E-state index contributed by atoms with van der Waals surface area (Å²) in [6.07, 6.45) is -4.74. The number of benzene rings is 1. The molecule has 1 amide bonds. The Bertz CT molecular complexity index is 515. The van der Waals surface area contributed by atoms with Gasteiger partial charge in [-0.25, -0.2) is 4.39 Å². The third kappa shape index (κ3) is 5.63. The molecule has 1 N–H and O–H groups in total. The Morgan fingerprint density at radius 3 is 2.45 bits per heavy atom. The molecule has 0 aromatic heterocycles. The predicted molar refractivity (Wildman–Crippen MR) is 74.9 cm³/mol. The fourth-order valence-electron chi connectivity index (χ4n) is 1.59. The van der Waals surface area contributed by atoms with Crippen molar-refractivity contribution < 1.29 is 27.1 Å². The van der Waals surface area contributed by atoms with E-state index in [9.17, 15) is 22.4 Å². The summed E-state index contributed by atoms with van der Waals surface area (Å²) < 4.78 is 56.5. The average molecular weight is 321 g/mol. The van der Waals surface area contributed by atoms with Gasteiger partial charge in [-0.3, -0.25) is 4.79 Å². The topological polar surface area (TPSA) is 38.3 Å². The minimum absolute atomic E-state index is 0.345. The Morgan fingerprint density at radius 1 is 1.27 bits per heavy atom. The quantitative estimate of drug-likeness (QED) is 0.796. The number of nitrogens with one attached hydrogen (secondary N) is 1. The van der Waals surface area contributed by atoms with Crippen molar-refractivity contribution in [1.29, 1.82) is 0 Å². The summed E-state index contributed by atoms with van der Waals surface area (Å²) in [5.74, 6) is -1.23. The van der Waals surface area contributed by atoms with Crippen molar-refractivity contribution in [3.05, 3.63) is 29.6 Å². The molecule has 0 radical (unpaired) electrons. The second-order valence-electron chi connectivity index (χ2n) is 5.38. The molecular formula is C15H19F4NO2. The maximum absolute atomic E-state index is 13.5. The zero-order valence-electron chi connectivity index (χ0n) is 12.6. The SMILES string of the molecule is CC(C)CCOC(C)C(=O)Nc1cc(C(F)(F)F)ccc1F. The largest absolute Gasteiger partial charge is 0.416 e. The number of rotatable bonds is 6. The lowest BCUT2D eigenvalue weighted by molar-refractivity contribution is -0.137. The van der Waals surface area contributed by atoms with Crippen LogP contribution in [-0.4, -0.2) is 18.6 Å². The number of hydrogen-bond donors (Lipinski definition) is 1. The molecule has 0 aliphatic carbocycles. The van der Waals surface area contributed by atoms with Crippen LogP contribution in [-0.2, 0) is 15.7 Å². The van der Waals surface area contributed by atoms with Crippen molar-refractivity contribution in [2.45, 2.75) is 39.5 Å². The fourth-order valence-corrected chi connectivity index (χ4v) is 1.59. The summed E-state index contributed by atoms with van der Waals surface area (Å²) in [4.78, 5) is 11.8. The predicted octanol–water partition coefficient (Wildman–Crippen LogP) is 4.23. The number of ether oxygens (including phenoxy) is 1. The Kier molecular flexibility index (Phi) is 6.34. The second-order valence-corrected chi connectivity index (χ2v) is 5.38. The number of carbonyl (C=O) groups excluding carboxylic acids is 1. The average Bonchev–Trinajstić information content (AvgIpc) is 2.39. The van der Waals surface area contributed by atoms with E-state index in [0.29, 0.717) is 30.7 Å². The molecule has 0 fully saturated rings. The van der Waals surface area contributed by atoms with Gasteiger partial charge in [0.1, 0.15) is 11.9 Å². The van der Waals surface area contributed by atoms with E-state index >= 15 is 0 Å². The van der Waals surface area contributed by atoms with Gasteiger partial charge in [-0.1, -0.05) is 13.8 Å². The molecule has 3 nitrogen and oxygen atoms in total. The normalized spacial score (nSPS) is 13.3. The van der Waals surface area contributed by atoms with E-state index in [1.54, 1.807) is 0 Å². The van der Waals surface area contributed by atoms with Crippen LogP contribution in [0.2, 0.25) is 0 Å². The minimum atomic E-state index is -4.60. The van der Waals surface area contributed by atoms with E-state index in [0.717, 1.165) is 6.42 Å². The highest BCUT2D eigenvalue weighted by molar-refractivity contribution is 5.94. The van der Waals surface area contributed by atoms with Crippen LogP contribution in [0.3, 0.4) is 0 Å². The van der Waals surface area contributed by atoms with Crippen LogP contribution in [0.5, 0.6) is 0 Å². The second kappa shape index (κ2) is 7.58. The van der Waals surface area contributed by atoms with E-state index in [-0.39, 0.29) is 0 Å². The maximum Gasteiger partial charge on any atom is 0.416 e. The van der Waals surface area contributed by atoms with E-state index in [1.165, 1.54) is 6.92 Å². The highest BCUT2D eigenvalue weighted by Crippen LogP contribution is 2.31. The van der Waals surface area contributed by atoms with Crippen molar-refractivity contribution in [3.8, 4) is 0 Å². The standard InChI is InChI=1S/C15H19F4NO2/c1-9(2)6-7-22-10(3)14(21)20-13-8-11(15(17,18)19)4-5-12(13)16/h4-5,8-10H,6-7H2,1-3H3,(H,20,21). The molecule has 124 valence electrons. The molecule has 1 unspecified atom stereocenters. The molecule has 7 heteroatoms. The molecule has 1 aromatic rings. The monoisotopic (exact) mass is 321 g/mol. The van der Waals surface area contributed by atoms with Crippen LogP contribution in [0.25, 0.3) is 0 Å². The van der Waals surface area contributed by atoms with Crippen LogP contribution in [0.15, 0.2) is 18.2 Å². The van der Waals surface area contributed by atoms with E-state index in [1.807, 2.05) is 13.8 Å². The van der Waals surface area contributed by atoms with Gasteiger partial charge in [0.25, 0.3) is 5.91 Å². The molecule has 0 saturated heterocycles. The van der Waals surface area contributed by atoms with Crippen LogP contribution >= 0.6 is 0 Å². The van der Waals surface area contributed by atoms with Gasteiger partial charge in [0.15, 0.2) is 0 Å². The molecule has 1 atom stereocenters. The molecule has 0 aliphatic rings. The highest BCUT2D eigenvalue weighted by atomic mass is 19.4. The van der Waals surface area contributed by atoms with Crippen molar-refractivity contribution in [1.82, 2.24) is 0 Å². The summed E-state index contributed by atoms with van der Waals surface area (Å²) in [5, 5.41) is 2.12. The Labute approximate surface area is 126 Å². The summed E-state index contributed by atoms with van der Waals surface area (Å²) in [6.45, 7) is 5.79. The van der Waals surface area contributed by atoms with Crippen molar-refractivity contribution >= 4 is 11.6 Å². The highest BCUT2D eigenvalue weighted by Gasteiger charge is 2.31. The minimum Gasteiger partial charge on any atom is -0.369 e. The molecule has 22 heavy (non-hydrogen) atoms. The van der Waals surface area contributed by atoms with E-state index in [4.69, 9.17) is 4.74 Å². The van der Waals surface area contributed by atoms with Crippen molar-refractivity contribution in [2.24, 2.45) is 5.92 Å². The van der Waals surface area contributed by atoms with Gasteiger partial charge >= 0.3 is 6.18 Å². The fraction of sp³-hybridized carbons (Fsp3) is 0.533. The smallest absolute Gasteiger partial charge is 0.369 e. The Morgan fingerprint density at radius 2 is 1.91 bits per heavy atom. The van der Waals surface area contributed by atoms with Crippen LogP contribution < -0.4 is 5.32 Å². The third-order valence-electron chi connectivity index (χ3n) is 2.98. The van der Waals surface area contributed by atoms with Crippen LogP contribution in [0.4, 0.5) is 23.2 Å². The van der Waals surface area contributed by atoms with Crippen molar-refractivity contribution in [3.63, 3.8) is 0 Å². The van der Waals surface area contributed by atoms with Gasteiger partial charge in [-0.2, -0.15) is 13.2 Å². The number of hydrogen-bond acceptors (Lipinski definition) is 2. The van der Waals surface area contributed by atoms with Crippen LogP contribution in [0.1, 0.15) is 32.8 Å². The number of halogens is 4. The van der Waals surface area contributed by atoms with Gasteiger partial charge in [0.05, 0.1) is 11.3 Å². The Hall–Kier alpha value is -1.63. The summed E-state index contributed by atoms with van der Waals surface area (Å²) >= 11 is 0. The molecule has 0 aliphatic heterocycles. The summed E-state index contributed by atoms with van der Waals surface area (Å²) in [7, 11) is 0. The zero-order valence-corrected chi connectivity index (χ0v) is 12.6. The first kappa shape index (κ1) is 18.4. The van der Waals surface area contributed by atoms with E-state index < -0.39 is 35.3 Å². The maximum atomic E-state index is 13.5. The first-order chi connectivity index (χ1) is 10.1. The number of anilines is 1. The lowest BCUT2D eigenvalue weighted by Crippen LogP contribution is -2.28. The van der Waals surface area contributed by atoms with Gasteiger partial charge in [0, 0.05) is 6.61 Å².